The molecule has 3 N–H and O–H groups in total. The number of pyridine rings is 1. The van der Waals surface area contributed by atoms with Crippen molar-refractivity contribution in [2.75, 3.05) is 5.32 Å². The summed E-state index contributed by atoms with van der Waals surface area (Å²) in [6.07, 6.45) is 0. The van der Waals surface area contributed by atoms with Crippen LogP contribution >= 0.6 is 35.4 Å². The van der Waals surface area contributed by atoms with Crippen LogP contribution in [0.5, 0.6) is 0 Å². The van der Waals surface area contributed by atoms with Crippen LogP contribution in [0.3, 0.4) is 0 Å². The maximum atomic E-state index is 6.15. The smallest absolute Gasteiger partial charge is 0.141 e. The number of benzene rings is 1. The van der Waals surface area contributed by atoms with Crippen molar-refractivity contribution < 1.29 is 0 Å². The maximum absolute atomic E-state index is 6.15. The highest BCUT2D eigenvalue weighted by atomic mass is 35.5. The van der Waals surface area contributed by atoms with Gasteiger partial charge in [-0.2, -0.15) is 0 Å². The summed E-state index contributed by atoms with van der Waals surface area (Å²) in [4.78, 5) is 4.72. The number of halogens is 2. The van der Waals surface area contributed by atoms with Crippen LogP contribution in [-0.2, 0) is 0 Å². The third kappa shape index (κ3) is 3.03. The second-order valence-electron chi connectivity index (χ2n) is 4.39. The third-order valence-electron chi connectivity index (χ3n) is 2.80. The largest absolute Gasteiger partial charge is 0.389 e. The fraction of sp³-hybridized carbons (Fsp3) is 0.143. The van der Waals surface area contributed by atoms with Crippen molar-refractivity contribution in [1.82, 2.24) is 4.98 Å². The fourth-order valence-corrected chi connectivity index (χ4v) is 2.72. The monoisotopic (exact) mass is 325 g/mol. The normalized spacial score (nSPS) is 10.4. The van der Waals surface area contributed by atoms with E-state index in [0.29, 0.717) is 27.1 Å². The Kier molecular flexibility index (Phi) is 4.48. The minimum atomic E-state index is 0.278. The number of para-hydroxylation sites is 1. The molecule has 2 rings (SSSR count). The molecule has 0 aliphatic carbocycles. The Morgan fingerprint density at radius 3 is 2.40 bits per heavy atom. The summed E-state index contributed by atoms with van der Waals surface area (Å²) in [5.74, 6) is 0.560. The number of anilines is 2. The van der Waals surface area contributed by atoms with E-state index in [1.54, 1.807) is 18.2 Å². The van der Waals surface area contributed by atoms with Crippen LogP contribution in [0.25, 0.3) is 0 Å². The van der Waals surface area contributed by atoms with Gasteiger partial charge in [-0.05, 0) is 37.6 Å². The molecule has 20 heavy (non-hydrogen) atoms. The fourth-order valence-electron chi connectivity index (χ4n) is 1.97. The lowest BCUT2D eigenvalue weighted by Crippen LogP contribution is -2.15. The number of nitrogens with two attached hydrogens (primary N) is 1. The molecule has 0 aliphatic heterocycles. The van der Waals surface area contributed by atoms with Gasteiger partial charge in [0.2, 0.25) is 0 Å². The van der Waals surface area contributed by atoms with Crippen LogP contribution in [0.2, 0.25) is 10.0 Å². The first-order valence-electron chi connectivity index (χ1n) is 5.89. The van der Waals surface area contributed by atoms with Crippen LogP contribution < -0.4 is 11.1 Å². The summed E-state index contributed by atoms with van der Waals surface area (Å²) in [6.45, 7) is 3.83. The van der Waals surface area contributed by atoms with Crippen LogP contribution in [0.4, 0.5) is 11.5 Å². The van der Waals surface area contributed by atoms with Gasteiger partial charge in [-0.3, -0.25) is 0 Å². The summed E-state index contributed by atoms with van der Waals surface area (Å²) in [5.41, 5.74) is 8.87. The van der Waals surface area contributed by atoms with Crippen molar-refractivity contribution in [2.45, 2.75) is 13.8 Å². The molecule has 0 spiro atoms. The van der Waals surface area contributed by atoms with Crippen molar-refractivity contribution in [3.05, 3.63) is 51.1 Å². The van der Waals surface area contributed by atoms with Crippen LogP contribution in [0.15, 0.2) is 24.3 Å². The predicted molar refractivity (Wildman–Crippen MR) is 89.3 cm³/mol. The molecule has 1 aromatic carbocycles. The number of aryl methyl sites for hydroxylation is 2. The second-order valence-corrected chi connectivity index (χ2v) is 5.64. The average molecular weight is 326 g/mol. The van der Waals surface area contributed by atoms with Crippen molar-refractivity contribution >= 4 is 51.9 Å². The highest BCUT2D eigenvalue weighted by molar-refractivity contribution is 7.80. The predicted octanol–water partition coefficient (Wildman–Crippen LogP) is 4.38. The van der Waals surface area contributed by atoms with Gasteiger partial charge in [-0.25, -0.2) is 4.98 Å². The maximum Gasteiger partial charge on any atom is 0.141 e. The topological polar surface area (TPSA) is 50.9 Å². The summed E-state index contributed by atoms with van der Waals surface area (Å²) < 4.78 is 0. The average Bonchev–Trinajstić information content (AvgIpc) is 2.32. The Hall–Kier alpha value is -1.36. The number of rotatable bonds is 3. The zero-order valence-electron chi connectivity index (χ0n) is 11.0. The molecule has 0 fully saturated rings. The van der Waals surface area contributed by atoms with Crippen molar-refractivity contribution in [2.24, 2.45) is 5.73 Å². The van der Waals surface area contributed by atoms with Gasteiger partial charge in [0.25, 0.3) is 0 Å². The van der Waals surface area contributed by atoms with Crippen LogP contribution in [0, 0.1) is 13.8 Å². The minimum Gasteiger partial charge on any atom is -0.389 e. The number of nitrogens with zero attached hydrogens (tertiary/aromatic N) is 1. The molecule has 1 aromatic heterocycles. The first kappa shape index (κ1) is 15.0. The third-order valence-corrected chi connectivity index (χ3v) is 3.63. The second kappa shape index (κ2) is 5.95. The molecule has 0 radical (unpaired) electrons. The van der Waals surface area contributed by atoms with Crippen molar-refractivity contribution in [3.63, 3.8) is 0 Å². The molecule has 0 aliphatic rings. The van der Waals surface area contributed by atoms with Crippen molar-refractivity contribution in [1.29, 1.82) is 0 Å². The van der Waals surface area contributed by atoms with Gasteiger partial charge in [0.15, 0.2) is 0 Å². The molecular formula is C14H13Cl2N3S. The molecule has 3 nitrogen and oxygen atoms in total. The van der Waals surface area contributed by atoms with Gasteiger partial charge in [0, 0.05) is 5.69 Å². The van der Waals surface area contributed by atoms with Gasteiger partial charge in [0.05, 0.1) is 21.3 Å². The molecule has 0 saturated carbocycles. The van der Waals surface area contributed by atoms with E-state index in [1.807, 2.05) is 19.9 Å². The number of hydrogen-bond donors (Lipinski definition) is 2. The summed E-state index contributed by atoms with van der Waals surface area (Å²) in [6, 6.07) is 7.20. The molecule has 0 amide bonds. The number of aromatic nitrogens is 1. The zero-order valence-corrected chi connectivity index (χ0v) is 13.3. The molecule has 6 heteroatoms. The van der Waals surface area contributed by atoms with E-state index in [1.165, 1.54) is 0 Å². The van der Waals surface area contributed by atoms with Crippen molar-refractivity contribution in [3.8, 4) is 0 Å². The van der Waals surface area contributed by atoms with E-state index < -0.39 is 0 Å². The standard InChI is InChI=1S/C14H13Cl2N3S/c1-7-6-8(2)18-14(11(7)13(17)20)19-12-9(15)4-3-5-10(12)16/h3-6H,1-2H3,(H2,17,20)(H,18,19). The lowest BCUT2D eigenvalue weighted by Gasteiger charge is -2.15. The minimum absolute atomic E-state index is 0.278. The molecule has 0 bridgehead atoms. The molecule has 0 atom stereocenters. The highest BCUT2D eigenvalue weighted by Crippen LogP contribution is 2.33. The van der Waals surface area contributed by atoms with Crippen LogP contribution in [0.1, 0.15) is 16.8 Å². The van der Waals surface area contributed by atoms with E-state index in [9.17, 15) is 0 Å². The van der Waals surface area contributed by atoms with Crippen LogP contribution in [-0.4, -0.2) is 9.97 Å². The quantitative estimate of drug-likeness (QED) is 0.822. The van der Waals surface area contributed by atoms with E-state index in [2.05, 4.69) is 10.3 Å². The molecule has 0 unspecified atom stereocenters. The Morgan fingerprint density at radius 2 is 1.85 bits per heavy atom. The van der Waals surface area contributed by atoms with Gasteiger partial charge in [-0.15, -0.1) is 0 Å². The van der Waals surface area contributed by atoms with Gasteiger partial charge in [-0.1, -0.05) is 41.5 Å². The Labute approximate surface area is 133 Å². The highest BCUT2D eigenvalue weighted by Gasteiger charge is 2.14. The van der Waals surface area contributed by atoms with E-state index in [4.69, 9.17) is 41.2 Å². The first-order chi connectivity index (χ1) is 9.40. The van der Waals surface area contributed by atoms with E-state index >= 15 is 0 Å². The number of nitrogens with one attached hydrogen (secondary N) is 1. The summed E-state index contributed by atoms with van der Waals surface area (Å²) in [7, 11) is 0. The Bertz CT molecular complexity index is 666. The molecule has 0 saturated heterocycles. The SMILES string of the molecule is Cc1cc(C)c(C(N)=S)c(Nc2c(Cl)cccc2Cl)n1. The molecule has 1 heterocycles. The lowest BCUT2D eigenvalue weighted by molar-refractivity contribution is 1.17. The Balaban J connectivity index is 2.56. The molecule has 104 valence electrons. The van der Waals surface area contributed by atoms with Gasteiger partial charge in [0.1, 0.15) is 10.8 Å². The molecule has 2 aromatic rings. The van der Waals surface area contributed by atoms with Gasteiger partial charge >= 0.3 is 0 Å². The van der Waals surface area contributed by atoms with E-state index in [-0.39, 0.29) is 4.99 Å². The summed E-state index contributed by atoms with van der Waals surface area (Å²) in [5, 5.41) is 4.14. The molecular weight excluding hydrogens is 313 g/mol. The summed E-state index contributed by atoms with van der Waals surface area (Å²) >= 11 is 17.4. The zero-order chi connectivity index (χ0) is 14.9. The Morgan fingerprint density at radius 1 is 1.25 bits per heavy atom. The first-order valence-corrected chi connectivity index (χ1v) is 7.05. The number of thiocarbonyl (C=S) groups is 1. The van der Waals surface area contributed by atoms with E-state index in [0.717, 1.165) is 11.3 Å². The lowest BCUT2D eigenvalue weighted by atomic mass is 10.1. The number of hydrogen-bond acceptors (Lipinski definition) is 3. The van der Waals surface area contributed by atoms with Gasteiger partial charge < -0.3 is 11.1 Å².